The molecule has 152 valence electrons. The molecule has 1 unspecified atom stereocenters. The van der Waals surface area contributed by atoms with Crippen molar-refractivity contribution in [1.29, 1.82) is 0 Å². The first-order valence-electron chi connectivity index (χ1n) is 10.3. The Morgan fingerprint density at radius 2 is 1.96 bits per heavy atom. The van der Waals surface area contributed by atoms with Gasteiger partial charge in [0.2, 0.25) is 10.0 Å². The lowest BCUT2D eigenvalue weighted by molar-refractivity contribution is -0.123. The third kappa shape index (κ3) is 5.76. The van der Waals surface area contributed by atoms with Crippen molar-refractivity contribution in [3.8, 4) is 0 Å². The van der Waals surface area contributed by atoms with Crippen molar-refractivity contribution < 1.29 is 17.9 Å². The van der Waals surface area contributed by atoms with E-state index in [4.69, 9.17) is 9.47 Å². The van der Waals surface area contributed by atoms with E-state index >= 15 is 0 Å². The number of benzene rings is 1. The van der Waals surface area contributed by atoms with E-state index in [1.165, 1.54) is 5.56 Å². The number of ether oxygens (including phenoxy) is 2. The summed E-state index contributed by atoms with van der Waals surface area (Å²) in [7, 11) is -3.09. The van der Waals surface area contributed by atoms with E-state index in [2.05, 4.69) is 12.1 Å². The summed E-state index contributed by atoms with van der Waals surface area (Å²) in [6.07, 6.45) is 5.47. The van der Waals surface area contributed by atoms with Crippen molar-refractivity contribution in [2.45, 2.75) is 57.7 Å². The molecule has 0 aliphatic carbocycles. The largest absolute Gasteiger partial charge is 0.377 e. The Bertz CT molecular complexity index is 669. The third-order valence-electron chi connectivity index (χ3n) is 5.87. The summed E-state index contributed by atoms with van der Waals surface area (Å²) in [5, 5.41) is 0. The summed E-state index contributed by atoms with van der Waals surface area (Å²) in [5.74, 6) is 0.857. The Morgan fingerprint density at radius 1 is 1.22 bits per heavy atom. The summed E-state index contributed by atoms with van der Waals surface area (Å²) < 4.78 is 38.3. The molecule has 1 spiro atoms. The number of nitrogens with zero attached hydrogens (tertiary/aromatic N) is 1. The number of rotatable bonds is 8. The fraction of sp³-hybridized carbons (Fsp3) is 0.714. The lowest BCUT2D eigenvalue weighted by Crippen LogP contribution is -2.51. The molecular formula is C21H33NO4S. The maximum Gasteiger partial charge on any atom is 0.214 e. The van der Waals surface area contributed by atoms with E-state index in [0.29, 0.717) is 32.0 Å². The zero-order valence-corrected chi connectivity index (χ0v) is 17.3. The van der Waals surface area contributed by atoms with E-state index in [0.717, 1.165) is 45.3 Å². The first-order valence-corrected chi connectivity index (χ1v) is 11.9. The van der Waals surface area contributed by atoms with Gasteiger partial charge in [0.1, 0.15) is 0 Å². The molecule has 2 heterocycles. The quantitative estimate of drug-likeness (QED) is 0.631. The molecule has 0 bridgehead atoms. The van der Waals surface area contributed by atoms with Crippen molar-refractivity contribution in [1.82, 2.24) is 4.31 Å². The zero-order valence-electron chi connectivity index (χ0n) is 16.4. The molecule has 0 radical (unpaired) electrons. The molecule has 2 saturated heterocycles. The lowest BCUT2D eigenvalue weighted by Gasteiger charge is -2.46. The van der Waals surface area contributed by atoms with Gasteiger partial charge < -0.3 is 9.47 Å². The third-order valence-corrected chi connectivity index (χ3v) is 7.94. The maximum atomic E-state index is 12.3. The predicted octanol–water partition coefficient (Wildman–Crippen LogP) is 3.59. The van der Waals surface area contributed by atoms with Crippen LogP contribution in [0.4, 0.5) is 0 Å². The van der Waals surface area contributed by atoms with Crippen molar-refractivity contribution in [2.24, 2.45) is 5.92 Å². The van der Waals surface area contributed by atoms with Gasteiger partial charge in [-0.2, -0.15) is 0 Å². The molecule has 27 heavy (non-hydrogen) atoms. The molecule has 3 rings (SSSR count). The average Bonchev–Trinajstić information content (AvgIpc) is 2.67. The highest BCUT2D eigenvalue weighted by Gasteiger charge is 2.42. The van der Waals surface area contributed by atoms with Crippen LogP contribution in [0.25, 0.3) is 0 Å². The second-order valence-corrected chi connectivity index (χ2v) is 10.0. The van der Waals surface area contributed by atoms with Crippen LogP contribution in [0.1, 0.15) is 51.0 Å². The van der Waals surface area contributed by atoms with Crippen LogP contribution < -0.4 is 0 Å². The molecule has 1 aromatic rings. The first kappa shape index (κ1) is 20.8. The van der Waals surface area contributed by atoms with E-state index in [1.807, 2.05) is 25.1 Å². The minimum Gasteiger partial charge on any atom is -0.377 e. The topological polar surface area (TPSA) is 55.8 Å². The van der Waals surface area contributed by atoms with Crippen molar-refractivity contribution in [3.63, 3.8) is 0 Å². The molecule has 0 aromatic heterocycles. The Kier molecular flexibility index (Phi) is 7.31. The van der Waals surface area contributed by atoms with Crippen LogP contribution in [0.15, 0.2) is 30.3 Å². The Hall–Kier alpha value is -0.950. The van der Waals surface area contributed by atoms with E-state index < -0.39 is 10.0 Å². The molecule has 0 saturated carbocycles. The van der Waals surface area contributed by atoms with Crippen LogP contribution in [0.2, 0.25) is 0 Å². The van der Waals surface area contributed by atoms with Gasteiger partial charge in [0, 0.05) is 26.3 Å². The molecule has 0 N–H and O–H groups in total. The normalized spacial score (nSPS) is 23.5. The van der Waals surface area contributed by atoms with Gasteiger partial charge in [-0.25, -0.2) is 12.7 Å². The fourth-order valence-corrected chi connectivity index (χ4v) is 5.81. The highest BCUT2D eigenvalue weighted by molar-refractivity contribution is 7.89. The van der Waals surface area contributed by atoms with Crippen molar-refractivity contribution in [3.05, 3.63) is 35.9 Å². The molecule has 2 aliphatic rings. The van der Waals surface area contributed by atoms with Crippen LogP contribution in [-0.4, -0.2) is 50.4 Å². The van der Waals surface area contributed by atoms with Crippen molar-refractivity contribution >= 4 is 10.0 Å². The second-order valence-electron chi connectivity index (χ2n) is 7.93. The van der Waals surface area contributed by atoms with E-state index in [9.17, 15) is 8.42 Å². The average molecular weight is 396 g/mol. The highest BCUT2D eigenvalue weighted by atomic mass is 32.2. The molecule has 0 amide bonds. The smallest absolute Gasteiger partial charge is 0.214 e. The summed E-state index contributed by atoms with van der Waals surface area (Å²) in [5.41, 5.74) is 1.09. The van der Waals surface area contributed by atoms with Crippen molar-refractivity contribution in [2.75, 3.05) is 32.1 Å². The fourth-order valence-electron chi connectivity index (χ4n) is 4.30. The van der Waals surface area contributed by atoms with Gasteiger partial charge >= 0.3 is 0 Å². The van der Waals surface area contributed by atoms with Gasteiger partial charge in [-0.05, 0) is 50.0 Å². The Balaban J connectivity index is 1.43. The molecule has 6 heteroatoms. The van der Waals surface area contributed by atoms with Crippen LogP contribution in [0, 0.1) is 5.92 Å². The van der Waals surface area contributed by atoms with Gasteiger partial charge in [-0.15, -0.1) is 0 Å². The first-order chi connectivity index (χ1) is 13.0. The zero-order chi connectivity index (χ0) is 19.2. The molecular weight excluding hydrogens is 362 g/mol. The second kappa shape index (κ2) is 9.50. The van der Waals surface area contributed by atoms with Crippen LogP contribution in [-0.2, 0) is 26.1 Å². The number of piperidine rings is 1. The minimum absolute atomic E-state index is 0.124. The summed E-state index contributed by atoms with van der Waals surface area (Å²) in [6.45, 7) is 5.33. The number of hydrogen-bond acceptors (Lipinski definition) is 4. The van der Waals surface area contributed by atoms with Crippen LogP contribution in [0.5, 0.6) is 0 Å². The van der Waals surface area contributed by atoms with E-state index in [-0.39, 0.29) is 11.4 Å². The molecule has 5 nitrogen and oxygen atoms in total. The SMILES string of the molecule is CCCS(=O)(=O)N1CCC2(CC1)CC(CCOCc1ccccc1)CCO2. The summed E-state index contributed by atoms with van der Waals surface area (Å²) >= 11 is 0. The lowest BCUT2D eigenvalue weighted by atomic mass is 9.79. The van der Waals surface area contributed by atoms with Crippen LogP contribution in [0.3, 0.4) is 0 Å². The highest BCUT2D eigenvalue weighted by Crippen LogP contribution is 2.39. The minimum atomic E-state index is -3.09. The molecule has 1 atom stereocenters. The van der Waals surface area contributed by atoms with Gasteiger partial charge in [-0.1, -0.05) is 37.3 Å². The summed E-state index contributed by atoms with van der Waals surface area (Å²) in [6, 6.07) is 10.3. The number of hydrogen-bond donors (Lipinski definition) is 0. The van der Waals surface area contributed by atoms with Gasteiger partial charge in [0.05, 0.1) is 18.0 Å². The summed E-state index contributed by atoms with van der Waals surface area (Å²) in [4.78, 5) is 0. The molecule has 2 aliphatic heterocycles. The number of sulfonamides is 1. The monoisotopic (exact) mass is 395 g/mol. The maximum absolute atomic E-state index is 12.3. The van der Waals surface area contributed by atoms with Gasteiger partial charge in [0.15, 0.2) is 0 Å². The molecule has 2 fully saturated rings. The standard InChI is InChI=1S/C21H33NO4S/c1-2-16-27(23,24)22-12-10-21(11-13-22)17-19(9-15-26-21)8-14-25-18-20-6-4-3-5-7-20/h3-7,19H,2,8-18H2,1H3. The Labute approximate surface area is 164 Å². The van der Waals surface area contributed by atoms with Gasteiger partial charge in [-0.3, -0.25) is 0 Å². The molecule has 1 aromatic carbocycles. The van der Waals surface area contributed by atoms with Gasteiger partial charge in [0.25, 0.3) is 0 Å². The van der Waals surface area contributed by atoms with Crippen LogP contribution >= 0.6 is 0 Å². The predicted molar refractivity (Wildman–Crippen MR) is 107 cm³/mol. The van der Waals surface area contributed by atoms with E-state index in [1.54, 1.807) is 4.31 Å². The Morgan fingerprint density at radius 3 is 2.67 bits per heavy atom.